The van der Waals surface area contributed by atoms with E-state index in [0.29, 0.717) is 23.7 Å². The van der Waals surface area contributed by atoms with Gasteiger partial charge in [0.05, 0.1) is 37.9 Å². The summed E-state index contributed by atoms with van der Waals surface area (Å²) in [6.45, 7) is 0.660. The van der Waals surface area contributed by atoms with Crippen molar-refractivity contribution in [3.05, 3.63) is 22.2 Å². The first-order valence-electron chi connectivity index (χ1n) is 6.90. The number of ether oxygens (including phenoxy) is 2. The van der Waals surface area contributed by atoms with Crippen LogP contribution in [0.2, 0.25) is 0 Å². The first kappa shape index (κ1) is 15.4. The molecule has 7 heteroatoms. The second kappa shape index (κ2) is 6.62. The lowest BCUT2D eigenvalue weighted by atomic mass is 10.0. The third-order valence-corrected chi connectivity index (χ3v) is 3.82. The van der Waals surface area contributed by atoms with E-state index in [1.54, 1.807) is 6.07 Å². The Hall–Kier alpha value is -2.02. The van der Waals surface area contributed by atoms with Gasteiger partial charge in [-0.25, -0.2) is 0 Å². The molecule has 1 aromatic rings. The predicted molar refractivity (Wildman–Crippen MR) is 78.3 cm³/mol. The Balaban J connectivity index is 2.51. The quantitative estimate of drug-likeness (QED) is 0.660. The monoisotopic (exact) mass is 296 g/mol. The fourth-order valence-electron chi connectivity index (χ4n) is 2.74. The molecule has 116 valence electrons. The highest BCUT2D eigenvalue weighted by Crippen LogP contribution is 2.41. The number of rotatable bonds is 5. The molecular weight excluding hydrogens is 276 g/mol. The molecule has 7 nitrogen and oxygen atoms in total. The summed E-state index contributed by atoms with van der Waals surface area (Å²) in [4.78, 5) is 12.8. The number of aliphatic hydroxyl groups excluding tert-OH is 1. The van der Waals surface area contributed by atoms with E-state index in [-0.39, 0.29) is 18.3 Å². The number of hydrogen-bond donors (Lipinski definition) is 1. The zero-order valence-corrected chi connectivity index (χ0v) is 12.2. The molecule has 0 aliphatic carbocycles. The van der Waals surface area contributed by atoms with Gasteiger partial charge in [-0.3, -0.25) is 10.1 Å². The Morgan fingerprint density at radius 3 is 2.57 bits per heavy atom. The van der Waals surface area contributed by atoms with Crippen molar-refractivity contribution < 1.29 is 19.5 Å². The standard InChI is InChI=1S/C14H20N2O5/c1-20-13-7-11(12(16(18)19)8-14(13)21-2)15-6-4-3-5-10(15)9-17/h7-8,10,17H,3-6,9H2,1-2H3. The number of methoxy groups -OCH3 is 2. The molecule has 1 unspecified atom stereocenters. The summed E-state index contributed by atoms with van der Waals surface area (Å²) in [5, 5.41) is 20.9. The normalized spacial score (nSPS) is 18.4. The smallest absolute Gasteiger partial charge is 0.296 e. The second-order valence-corrected chi connectivity index (χ2v) is 4.98. The van der Waals surface area contributed by atoms with Crippen LogP contribution in [-0.2, 0) is 0 Å². The Morgan fingerprint density at radius 2 is 2.00 bits per heavy atom. The summed E-state index contributed by atoms with van der Waals surface area (Å²) in [6.07, 6.45) is 2.78. The number of anilines is 1. The minimum absolute atomic E-state index is 0.0223. The highest BCUT2D eigenvalue weighted by molar-refractivity contribution is 5.70. The van der Waals surface area contributed by atoms with Crippen LogP contribution in [-0.4, -0.2) is 43.4 Å². The van der Waals surface area contributed by atoms with Crippen LogP contribution in [0.5, 0.6) is 11.5 Å². The summed E-state index contributed by atoms with van der Waals surface area (Å²) >= 11 is 0. The van der Waals surface area contributed by atoms with E-state index in [4.69, 9.17) is 9.47 Å². The molecule has 1 heterocycles. The third kappa shape index (κ3) is 3.02. The highest BCUT2D eigenvalue weighted by Gasteiger charge is 2.29. The van der Waals surface area contributed by atoms with Crippen molar-refractivity contribution in [2.45, 2.75) is 25.3 Å². The van der Waals surface area contributed by atoms with Gasteiger partial charge < -0.3 is 19.5 Å². The van der Waals surface area contributed by atoms with Gasteiger partial charge in [0.1, 0.15) is 5.69 Å². The molecule has 0 saturated carbocycles. The van der Waals surface area contributed by atoms with E-state index in [9.17, 15) is 15.2 Å². The van der Waals surface area contributed by atoms with Crippen LogP contribution in [0.3, 0.4) is 0 Å². The first-order valence-corrected chi connectivity index (χ1v) is 6.90. The lowest BCUT2D eigenvalue weighted by Crippen LogP contribution is -2.42. The maximum absolute atomic E-state index is 11.3. The Labute approximate surface area is 123 Å². The van der Waals surface area contributed by atoms with Gasteiger partial charge in [0, 0.05) is 12.6 Å². The Kier molecular flexibility index (Phi) is 4.85. The van der Waals surface area contributed by atoms with Gasteiger partial charge in [0.25, 0.3) is 5.69 Å². The molecule has 1 saturated heterocycles. The topological polar surface area (TPSA) is 85.1 Å². The molecule has 1 aliphatic heterocycles. The van der Waals surface area contributed by atoms with Gasteiger partial charge in [-0.15, -0.1) is 0 Å². The molecule has 0 spiro atoms. The van der Waals surface area contributed by atoms with Crippen LogP contribution in [0.1, 0.15) is 19.3 Å². The van der Waals surface area contributed by atoms with E-state index >= 15 is 0 Å². The number of hydrogen-bond acceptors (Lipinski definition) is 6. The maximum Gasteiger partial charge on any atom is 0.296 e. The summed E-state index contributed by atoms with van der Waals surface area (Å²) in [7, 11) is 2.94. The summed E-state index contributed by atoms with van der Waals surface area (Å²) in [5.41, 5.74) is 0.435. The number of aliphatic hydroxyl groups is 1. The zero-order valence-electron chi connectivity index (χ0n) is 12.2. The third-order valence-electron chi connectivity index (χ3n) is 3.82. The van der Waals surface area contributed by atoms with Gasteiger partial charge in [-0.05, 0) is 19.3 Å². The van der Waals surface area contributed by atoms with E-state index in [1.165, 1.54) is 20.3 Å². The van der Waals surface area contributed by atoms with Gasteiger partial charge >= 0.3 is 0 Å². The fraction of sp³-hybridized carbons (Fsp3) is 0.571. The van der Waals surface area contributed by atoms with Crippen molar-refractivity contribution in [1.82, 2.24) is 0 Å². The van der Waals surface area contributed by atoms with Gasteiger partial charge in [-0.2, -0.15) is 0 Å². The Bertz CT molecular complexity index is 520. The van der Waals surface area contributed by atoms with Crippen molar-refractivity contribution in [3.63, 3.8) is 0 Å². The molecule has 2 rings (SSSR count). The van der Waals surface area contributed by atoms with E-state index in [1.807, 2.05) is 4.90 Å². The zero-order chi connectivity index (χ0) is 15.4. The molecular formula is C14H20N2O5. The molecule has 1 aliphatic rings. The van der Waals surface area contributed by atoms with Gasteiger partial charge in [0.2, 0.25) is 0 Å². The van der Waals surface area contributed by atoms with Crippen molar-refractivity contribution in [1.29, 1.82) is 0 Å². The van der Waals surface area contributed by atoms with E-state index in [2.05, 4.69) is 0 Å². The number of piperidine rings is 1. The lowest BCUT2D eigenvalue weighted by molar-refractivity contribution is -0.384. The van der Waals surface area contributed by atoms with Crippen molar-refractivity contribution in [2.24, 2.45) is 0 Å². The molecule has 1 atom stereocenters. The number of benzene rings is 1. The predicted octanol–water partition coefficient (Wildman–Crippen LogP) is 1.96. The van der Waals surface area contributed by atoms with Crippen molar-refractivity contribution in [3.8, 4) is 11.5 Å². The summed E-state index contributed by atoms with van der Waals surface area (Å²) in [6, 6.07) is 2.89. The first-order chi connectivity index (χ1) is 10.1. The molecule has 0 radical (unpaired) electrons. The van der Waals surface area contributed by atoms with Gasteiger partial charge in [0.15, 0.2) is 11.5 Å². The average Bonchev–Trinajstić information content (AvgIpc) is 2.53. The van der Waals surface area contributed by atoms with Crippen molar-refractivity contribution >= 4 is 11.4 Å². The van der Waals surface area contributed by atoms with Crippen LogP contribution >= 0.6 is 0 Å². The maximum atomic E-state index is 11.3. The van der Waals surface area contributed by atoms with Crippen LogP contribution in [0.25, 0.3) is 0 Å². The summed E-state index contributed by atoms with van der Waals surface area (Å²) in [5.74, 6) is 0.769. The SMILES string of the molecule is COc1cc(N2CCCCC2CO)c([N+](=O)[O-])cc1OC. The van der Waals surface area contributed by atoms with Crippen LogP contribution in [0, 0.1) is 10.1 Å². The summed E-state index contributed by atoms with van der Waals surface area (Å²) < 4.78 is 10.4. The minimum atomic E-state index is -0.430. The second-order valence-electron chi connectivity index (χ2n) is 4.98. The number of nitro benzene ring substituents is 1. The van der Waals surface area contributed by atoms with Gasteiger partial charge in [-0.1, -0.05) is 0 Å². The van der Waals surface area contributed by atoms with E-state index in [0.717, 1.165) is 19.3 Å². The number of nitro groups is 1. The molecule has 21 heavy (non-hydrogen) atoms. The molecule has 1 aromatic carbocycles. The largest absolute Gasteiger partial charge is 0.493 e. The fourth-order valence-corrected chi connectivity index (χ4v) is 2.74. The lowest BCUT2D eigenvalue weighted by Gasteiger charge is -2.36. The molecule has 0 amide bonds. The van der Waals surface area contributed by atoms with E-state index < -0.39 is 4.92 Å². The number of nitrogens with zero attached hydrogens (tertiary/aromatic N) is 2. The molecule has 0 aromatic heterocycles. The minimum Gasteiger partial charge on any atom is -0.493 e. The Morgan fingerprint density at radius 1 is 1.33 bits per heavy atom. The molecule has 1 N–H and O–H groups in total. The van der Waals surface area contributed by atoms with Crippen LogP contribution < -0.4 is 14.4 Å². The van der Waals surface area contributed by atoms with Crippen LogP contribution in [0.4, 0.5) is 11.4 Å². The molecule has 0 bridgehead atoms. The average molecular weight is 296 g/mol. The highest BCUT2D eigenvalue weighted by atomic mass is 16.6. The van der Waals surface area contributed by atoms with Crippen molar-refractivity contribution in [2.75, 3.05) is 32.3 Å². The van der Waals surface area contributed by atoms with Crippen LogP contribution in [0.15, 0.2) is 12.1 Å². The molecule has 1 fully saturated rings.